The Labute approximate surface area is 523 Å². The number of hydrogen-bond acceptors (Lipinski definition) is 17. The Hall–Kier alpha value is -9.36. The molecule has 2 aromatic rings. The zero-order chi connectivity index (χ0) is 66.1. The highest BCUT2D eigenvalue weighted by molar-refractivity contribution is 8.00. The van der Waals surface area contributed by atoms with Crippen molar-refractivity contribution in [2.45, 2.75) is 151 Å². The summed E-state index contributed by atoms with van der Waals surface area (Å²) < 4.78 is 0. The van der Waals surface area contributed by atoms with Crippen LogP contribution < -0.4 is 70.0 Å². The first-order chi connectivity index (χ1) is 42.9. The number of carbonyl (C=O) groups excluding carboxylic acids is 13. The predicted octanol–water partition coefficient (Wildman–Crippen LogP) is -3.43. The first kappa shape index (κ1) is 73.1. The van der Waals surface area contributed by atoms with E-state index in [1.165, 1.54) is 19.2 Å². The topological polar surface area (TPSA) is 491 Å². The summed E-state index contributed by atoms with van der Waals surface area (Å²) in [6.07, 6.45) is 0.919. The highest BCUT2D eigenvalue weighted by atomic mass is 32.2. The van der Waals surface area contributed by atoms with Gasteiger partial charge < -0.3 is 80.2 Å². The summed E-state index contributed by atoms with van der Waals surface area (Å²) in [5.41, 5.74) is 12.2. The predicted molar refractivity (Wildman–Crippen MR) is 326 cm³/mol. The SMILES string of the molecule is CNC(=O)CCCC(=O)N[C@@H](Cc1ccc(O)cc1)C(=O)NCCCCCC(=O)N[C@@H](CSC1CC(=O)N(CCC(=O)NCCCCC2NC(=O)[C@@H](Cc3ccccc3)NC(=O)[C@@H](CC(=O)O)NC(=O)CNC(=O)[C@H](CCCNC(=N)N)NC2=O)C1=O)C(N)=O. The molecule has 0 spiro atoms. The molecule has 0 bridgehead atoms. The molecule has 0 radical (unpaired) electrons. The smallest absolute Gasteiger partial charge is 0.305 e. The molecule has 4 rings (SSSR count). The summed E-state index contributed by atoms with van der Waals surface area (Å²) in [5.74, 6) is -10.5. The number of aromatic hydroxyl groups is 1. The third-order valence-electron chi connectivity index (χ3n) is 14.3. The molecule has 32 heteroatoms. The molecule has 2 aliphatic heterocycles. The third kappa shape index (κ3) is 27.4. The third-order valence-corrected chi connectivity index (χ3v) is 15.6. The van der Waals surface area contributed by atoms with Crippen LogP contribution in [0.4, 0.5) is 0 Å². The number of imide groups is 1. The second-order valence-corrected chi connectivity index (χ2v) is 22.7. The molecule has 0 aliphatic carbocycles. The Balaban J connectivity index is 1.25. The van der Waals surface area contributed by atoms with Crippen molar-refractivity contribution in [2.24, 2.45) is 11.5 Å². The Bertz CT molecular complexity index is 2870. The zero-order valence-corrected chi connectivity index (χ0v) is 50.9. The standard InChI is InChI=1S/C58H83N15O16S/c1-62-44(75)17-10-18-47(78)67-39(29-35-19-21-36(74)22-20-35)53(85)64-25-8-3-6-16-46(77)69-42(51(59)83)33-90-43-31-49(80)73(57(43)89)27-23-45(76)63-24-9-7-14-38-54(86)70-37(15-11-26-65-58(60)61)52(84)66-32-48(79)68-41(30-50(81)82)56(88)72-40(55(87)71-38)28-34-12-4-2-5-13-34/h2,4-5,12-13,19-22,37-43,74H,3,6-11,14-18,23-33H2,1H3,(H2,59,83)(H,62,75)(H,63,76)(H,64,85)(H,66,84)(H,67,78)(H,68,79)(H,69,77)(H,70,86)(H,71,87)(H,72,88)(H,81,82)(H4,60,61,65)/t37-,38?,39-,40+,41+,42-,43?/m0/s1. The second-order valence-electron chi connectivity index (χ2n) is 21.4. The minimum atomic E-state index is -1.67. The van der Waals surface area contributed by atoms with Crippen LogP contribution in [0.2, 0.25) is 0 Å². The molecule has 0 aromatic heterocycles. The van der Waals surface area contributed by atoms with Crippen molar-refractivity contribution >= 4 is 100 Å². The van der Waals surface area contributed by atoms with Crippen LogP contribution in [0, 0.1) is 5.41 Å². The lowest BCUT2D eigenvalue weighted by Gasteiger charge is -2.26. The molecule has 492 valence electrons. The lowest BCUT2D eigenvalue weighted by Crippen LogP contribution is -2.58. The van der Waals surface area contributed by atoms with Crippen LogP contribution in [0.3, 0.4) is 0 Å². The zero-order valence-electron chi connectivity index (χ0n) is 50.1. The molecule has 0 saturated carbocycles. The Morgan fingerprint density at radius 3 is 1.89 bits per heavy atom. The number of phenols is 1. The first-order valence-corrected chi connectivity index (χ1v) is 30.7. The van der Waals surface area contributed by atoms with Crippen molar-refractivity contribution in [2.75, 3.05) is 45.5 Å². The van der Waals surface area contributed by atoms with Crippen molar-refractivity contribution in [3.8, 4) is 5.75 Å². The van der Waals surface area contributed by atoms with E-state index in [0.29, 0.717) is 30.4 Å². The number of benzene rings is 2. The number of nitrogens with one attached hydrogen (secondary N) is 12. The van der Waals surface area contributed by atoms with E-state index in [2.05, 4.69) is 58.5 Å². The van der Waals surface area contributed by atoms with Gasteiger partial charge in [0, 0.05) is 83.9 Å². The van der Waals surface area contributed by atoms with Gasteiger partial charge in [-0.05, 0) is 74.6 Å². The van der Waals surface area contributed by atoms with Crippen molar-refractivity contribution in [1.82, 2.24) is 63.4 Å². The average Bonchev–Trinajstić information content (AvgIpc) is 2.79. The normalized spacial score (nSPS) is 18.7. The number of amides is 13. The van der Waals surface area contributed by atoms with Crippen LogP contribution >= 0.6 is 11.8 Å². The number of carboxylic acid groups (broad SMARTS) is 1. The highest BCUT2D eigenvalue weighted by Crippen LogP contribution is 2.26. The largest absolute Gasteiger partial charge is 0.508 e. The summed E-state index contributed by atoms with van der Waals surface area (Å²) >= 11 is 0.948. The van der Waals surface area contributed by atoms with E-state index in [-0.39, 0.29) is 133 Å². The van der Waals surface area contributed by atoms with E-state index >= 15 is 0 Å². The van der Waals surface area contributed by atoms with Crippen molar-refractivity contribution in [3.63, 3.8) is 0 Å². The molecule has 31 nitrogen and oxygen atoms in total. The number of carboxylic acids is 1. The number of guanidine groups is 1. The van der Waals surface area contributed by atoms with Crippen LogP contribution in [0.25, 0.3) is 0 Å². The lowest BCUT2D eigenvalue weighted by atomic mass is 10.0. The van der Waals surface area contributed by atoms with Crippen LogP contribution in [-0.4, -0.2) is 191 Å². The molecule has 2 saturated heterocycles. The van der Waals surface area contributed by atoms with Gasteiger partial charge in [0.15, 0.2) is 5.96 Å². The van der Waals surface area contributed by atoms with Crippen molar-refractivity contribution in [1.29, 1.82) is 5.41 Å². The molecule has 90 heavy (non-hydrogen) atoms. The highest BCUT2D eigenvalue weighted by Gasteiger charge is 2.40. The van der Waals surface area contributed by atoms with Gasteiger partial charge in [-0.2, -0.15) is 0 Å². The number of nitrogens with zero attached hydrogens (tertiary/aromatic N) is 1. The molecule has 2 heterocycles. The average molecular weight is 1280 g/mol. The van der Waals surface area contributed by atoms with Crippen LogP contribution in [0.1, 0.15) is 107 Å². The van der Waals surface area contributed by atoms with Crippen LogP contribution in [0.5, 0.6) is 5.75 Å². The Morgan fingerprint density at radius 2 is 1.22 bits per heavy atom. The molecule has 2 aromatic carbocycles. The summed E-state index contributed by atoms with van der Waals surface area (Å²) in [5, 5.41) is 54.0. The van der Waals surface area contributed by atoms with Gasteiger partial charge in [-0.15, -0.1) is 11.8 Å². The number of likely N-dealkylation sites (tertiary alicyclic amines) is 1. The van der Waals surface area contributed by atoms with Gasteiger partial charge in [-0.25, -0.2) is 0 Å². The van der Waals surface area contributed by atoms with Gasteiger partial charge in [-0.1, -0.05) is 48.9 Å². The number of unbranched alkanes of at least 4 members (excludes halogenated alkanes) is 3. The second kappa shape index (κ2) is 38.8. The Morgan fingerprint density at radius 1 is 0.633 bits per heavy atom. The molecule has 2 fully saturated rings. The molecule has 2 aliphatic rings. The van der Waals surface area contributed by atoms with E-state index in [9.17, 15) is 77.3 Å². The van der Waals surface area contributed by atoms with Gasteiger partial charge in [0.05, 0.1) is 18.2 Å². The van der Waals surface area contributed by atoms with E-state index in [1.807, 2.05) is 0 Å². The quantitative estimate of drug-likeness (QED) is 0.0138. The molecule has 7 atom stereocenters. The van der Waals surface area contributed by atoms with E-state index < -0.39 is 131 Å². The number of aliphatic carboxylic acids is 1. The van der Waals surface area contributed by atoms with Gasteiger partial charge in [0.2, 0.25) is 76.8 Å². The Kier molecular flexibility index (Phi) is 31.5. The minimum absolute atomic E-state index is 0.00187. The van der Waals surface area contributed by atoms with E-state index in [0.717, 1.165) is 16.7 Å². The maximum Gasteiger partial charge on any atom is 0.305 e. The fourth-order valence-corrected chi connectivity index (χ4v) is 10.6. The first-order valence-electron chi connectivity index (χ1n) is 29.6. The lowest BCUT2D eigenvalue weighted by molar-refractivity contribution is -0.141. The number of rotatable bonds is 35. The molecule has 13 amide bonds. The molecule has 18 N–H and O–H groups in total. The number of nitrogens with two attached hydrogens (primary N) is 2. The van der Waals surface area contributed by atoms with Crippen LogP contribution in [0.15, 0.2) is 54.6 Å². The van der Waals surface area contributed by atoms with E-state index in [1.54, 1.807) is 42.5 Å². The summed E-state index contributed by atoms with van der Waals surface area (Å²) in [7, 11) is 1.49. The fraction of sp³-hybridized carbons (Fsp3) is 0.534. The van der Waals surface area contributed by atoms with E-state index in [4.69, 9.17) is 16.9 Å². The van der Waals surface area contributed by atoms with Crippen LogP contribution in [-0.2, 0) is 80.0 Å². The number of phenolic OH excluding ortho intramolecular Hbond substituents is 1. The molecular weight excluding hydrogens is 1190 g/mol. The van der Waals surface area contributed by atoms with Gasteiger partial charge >= 0.3 is 5.97 Å². The number of thioether (sulfide) groups is 1. The maximum absolute atomic E-state index is 14.1. The van der Waals surface area contributed by atoms with Crippen molar-refractivity contribution in [3.05, 3.63) is 65.7 Å². The van der Waals surface area contributed by atoms with Gasteiger partial charge in [0.1, 0.15) is 42.0 Å². The number of hydrogen-bond donors (Lipinski definition) is 16. The molecular formula is C58H83N15O16S. The summed E-state index contributed by atoms with van der Waals surface area (Å²) in [4.78, 5) is 183. The maximum atomic E-state index is 14.1. The number of carbonyl (C=O) groups is 14. The van der Waals surface area contributed by atoms with Gasteiger partial charge in [0.25, 0.3) is 0 Å². The summed E-state index contributed by atoms with van der Waals surface area (Å²) in [6, 6.07) is 6.79. The van der Waals surface area contributed by atoms with Crippen molar-refractivity contribution < 1.29 is 77.3 Å². The van der Waals surface area contributed by atoms with Gasteiger partial charge in [-0.3, -0.25) is 77.4 Å². The minimum Gasteiger partial charge on any atom is -0.508 e. The summed E-state index contributed by atoms with van der Waals surface area (Å²) in [6.45, 7) is -0.590. The monoisotopic (exact) mass is 1280 g/mol. The fourth-order valence-electron chi connectivity index (χ4n) is 9.36. The number of primary amides is 1. The molecule has 2 unspecified atom stereocenters.